The van der Waals surface area contributed by atoms with Gasteiger partial charge in [-0.3, -0.25) is 9.59 Å². The van der Waals surface area contributed by atoms with Gasteiger partial charge in [-0.05, 0) is 12.8 Å². The summed E-state index contributed by atoms with van der Waals surface area (Å²) < 4.78 is 0. The summed E-state index contributed by atoms with van der Waals surface area (Å²) in [6, 6.07) is 0. The maximum absolute atomic E-state index is 12.6. The lowest BCUT2D eigenvalue weighted by Gasteiger charge is -2.29. The molecule has 1 heterocycles. The van der Waals surface area contributed by atoms with Gasteiger partial charge in [0.15, 0.2) is 0 Å². The topological polar surface area (TPSA) is 106 Å². The first-order chi connectivity index (χ1) is 12.2. The van der Waals surface area contributed by atoms with Crippen LogP contribution in [0.25, 0.3) is 0 Å². The van der Waals surface area contributed by atoms with Crippen LogP contribution in [0, 0.1) is 5.41 Å². The van der Waals surface area contributed by atoms with Gasteiger partial charge < -0.3 is 31.9 Å². The number of rotatable bonds is 2. The number of carbonyl (C=O) groups is 2. The number of hydrogen-bond acceptors (Lipinski definition) is 6. The van der Waals surface area contributed by atoms with E-state index in [1.54, 1.807) is 0 Å². The Morgan fingerprint density at radius 1 is 0.600 bits per heavy atom. The molecule has 1 fully saturated rings. The van der Waals surface area contributed by atoms with Crippen LogP contribution in [-0.2, 0) is 9.59 Å². The van der Waals surface area contributed by atoms with E-state index >= 15 is 0 Å². The first kappa shape index (κ1) is 21.8. The molecule has 0 aliphatic carbocycles. The van der Waals surface area contributed by atoms with Crippen LogP contribution in [0.2, 0.25) is 0 Å². The molecule has 146 valence electrons. The third-order valence-electron chi connectivity index (χ3n) is 4.69. The molecule has 0 atom stereocenters. The summed E-state index contributed by atoms with van der Waals surface area (Å²) >= 11 is 0. The van der Waals surface area contributed by atoms with Crippen LogP contribution < -0.4 is 31.9 Å². The largest absolute Gasteiger partial charge is 0.354 e. The zero-order chi connectivity index (χ0) is 18.4. The Labute approximate surface area is 151 Å². The van der Waals surface area contributed by atoms with Gasteiger partial charge in [0, 0.05) is 65.4 Å². The van der Waals surface area contributed by atoms with E-state index in [-0.39, 0.29) is 11.8 Å². The van der Waals surface area contributed by atoms with Gasteiger partial charge in [-0.15, -0.1) is 0 Å². The molecule has 1 rings (SSSR count). The molecule has 1 aliphatic heterocycles. The Kier molecular flexibility index (Phi) is 11.4. The molecular formula is C17H36N6O2. The third-order valence-corrected chi connectivity index (χ3v) is 4.69. The van der Waals surface area contributed by atoms with Crippen LogP contribution in [0.4, 0.5) is 0 Å². The molecule has 0 unspecified atom stereocenters. The lowest BCUT2D eigenvalue weighted by molar-refractivity contribution is -0.144. The second-order valence-electron chi connectivity index (χ2n) is 6.30. The Hall–Kier alpha value is -1.22. The maximum Gasteiger partial charge on any atom is 0.235 e. The smallest absolute Gasteiger partial charge is 0.235 e. The molecular weight excluding hydrogens is 320 g/mol. The van der Waals surface area contributed by atoms with E-state index in [1.165, 1.54) is 0 Å². The molecule has 1 aliphatic rings. The first-order valence-corrected chi connectivity index (χ1v) is 9.57. The van der Waals surface area contributed by atoms with Crippen LogP contribution in [0.15, 0.2) is 0 Å². The maximum atomic E-state index is 12.6. The molecule has 0 aromatic rings. The van der Waals surface area contributed by atoms with Gasteiger partial charge >= 0.3 is 0 Å². The number of amides is 2. The number of carbonyl (C=O) groups excluding carboxylic acids is 2. The third kappa shape index (κ3) is 7.68. The highest BCUT2D eigenvalue weighted by Crippen LogP contribution is 2.26. The summed E-state index contributed by atoms with van der Waals surface area (Å²) in [5, 5.41) is 19.1. The second-order valence-corrected chi connectivity index (χ2v) is 6.30. The average molecular weight is 357 g/mol. The number of nitrogens with one attached hydrogen (secondary N) is 6. The normalized spacial score (nSPS) is 22.8. The van der Waals surface area contributed by atoms with Crippen molar-refractivity contribution < 1.29 is 9.59 Å². The average Bonchev–Trinajstić information content (AvgIpc) is 2.62. The Balaban J connectivity index is 2.58. The fraction of sp³-hybridized carbons (Fsp3) is 0.882. The molecule has 6 N–H and O–H groups in total. The van der Waals surface area contributed by atoms with Crippen molar-refractivity contribution in [3.05, 3.63) is 0 Å². The van der Waals surface area contributed by atoms with Gasteiger partial charge in [0.2, 0.25) is 11.8 Å². The highest BCUT2D eigenvalue weighted by molar-refractivity contribution is 6.05. The summed E-state index contributed by atoms with van der Waals surface area (Å²) in [5.74, 6) is -0.352. The predicted molar refractivity (Wildman–Crippen MR) is 101 cm³/mol. The Bertz CT molecular complexity index is 355. The summed E-state index contributed by atoms with van der Waals surface area (Å²) in [4.78, 5) is 25.2. The van der Waals surface area contributed by atoms with Gasteiger partial charge in [-0.25, -0.2) is 0 Å². The van der Waals surface area contributed by atoms with Crippen molar-refractivity contribution in [1.29, 1.82) is 0 Å². The molecule has 0 radical (unpaired) electrons. The predicted octanol–water partition coefficient (Wildman–Crippen LogP) is -1.60. The monoisotopic (exact) mass is 356 g/mol. The molecule has 25 heavy (non-hydrogen) atoms. The summed E-state index contributed by atoms with van der Waals surface area (Å²) in [7, 11) is 0. The van der Waals surface area contributed by atoms with Crippen LogP contribution in [0.3, 0.4) is 0 Å². The lowest BCUT2D eigenvalue weighted by Crippen LogP contribution is -2.52. The fourth-order valence-corrected chi connectivity index (χ4v) is 2.89. The van der Waals surface area contributed by atoms with E-state index in [4.69, 9.17) is 0 Å². The lowest BCUT2D eigenvalue weighted by atomic mass is 9.80. The highest BCUT2D eigenvalue weighted by atomic mass is 16.2. The minimum atomic E-state index is -0.980. The van der Waals surface area contributed by atoms with E-state index in [9.17, 15) is 9.59 Å². The van der Waals surface area contributed by atoms with Crippen molar-refractivity contribution in [3.8, 4) is 0 Å². The number of hydrogen-bond donors (Lipinski definition) is 6. The van der Waals surface area contributed by atoms with Crippen molar-refractivity contribution in [1.82, 2.24) is 31.9 Å². The molecule has 0 aromatic carbocycles. The molecule has 0 aromatic heterocycles. The van der Waals surface area contributed by atoms with E-state index in [1.807, 2.05) is 13.8 Å². The second kappa shape index (κ2) is 13.0. The molecule has 2 amide bonds. The van der Waals surface area contributed by atoms with Crippen LogP contribution in [0.1, 0.15) is 26.7 Å². The SMILES string of the molecule is CCC1(CC)C(=O)NCCNCCNCCNCCNCCNC1=O. The summed E-state index contributed by atoms with van der Waals surface area (Å²) in [6.07, 6.45) is 0.992. The van der Waals surface area contributed by atoms with Gasteiger partial charge in [0.05, 0.1) is 0 Å². The van der Waals surface area contributed by atoms with Gasteiger partial charge in [0.25, 0.3) is 0 Å². The fourth-order valence-electron chi connectivity index (χ4n) is 2.89. The quantitative estimate of drug-likeness (QED) is 0.333. The van der Waals surface area contributed by atoms with Crippen LogP contribution in [0.5, 0.6) is 0 Å². The summed E-state index contributed by atoms with van der Waals surface area (Å²) in [6.45, 7) is 11.6. The molecule has 1 saturated heterocycles. The first-order valence-electron chi connectivity index (χ1n) is 9.57. The van der Waals surface area contributed by atoms with Crippen molar-refractivity contribution in [2.45, 2.75) is 26.7 Å². The van der Waals surface area contributed by atoms with E-state index in [0.29, 0.717) is 39.0 Å². The minimum absolute atomic E-state index is 0.176. The van der Waals surface area contributed by atoms with E-state index in [0.717, 1.165) is 39.3 Å². The van der Waals surface area contributed by atoms with Crippen LogP contribution >= 0.6 is 0 Å². The Morgan fingerprint density at radius 2 is 0.880 bits per heavy atom. The molecule has 0 bridgehead atoms. The van der Waals surface area contributed by atoms with Gasteiger partial charge in [-0.1, -0.05) is 13.8 Å². The van der Waals surface area contributed by atoms with Crippen molar-refractivity contribution >= 4 is 11.8 Å². The standard InChI is InChI=1S/C17H36N6O2/c1-3-17(4-2)15(24)22-13-11-20-9-7-18-5-6-19-8-10-21-12-14-23-16(17)25/h18-21H,3-14H2,1-2H3,(H,22,24)(H,23,25). The molecule has 0 saturated carbocycles. The summed E-state index contributed by atoms with van der Waals surface area (Å²) in [5.41, 5.74) is -0.980. The molecule has 8 nitrogen and oxygen atoms in total. The molecule has 8 heteroatoms. The minimum Gasteiger partial charge on any atom is -0.354 e. The molecule has 0 spiro atoms. The van der Waals surface area contributed by atoms with Crippen molar-refractivity contribution in [2.75, 3.05) is 65.4 Å². The van der Waals surface area contributed by atoms with Gasteiger partial charge in [0.1, 0.15) is 5.41 Å². The zero-order valence-electron chi connectivity index (χ0n) is 15.8. The zero-order valence-corrected chi connectivity index (χ0v) is 15.8. The van der Waals surface area contributed by atoms with E-state index < -0.39 is 5.41 Å². The van der Waals surface area contributed by atoms with Crippen molar-refractivity contribution in [2.24, 2.45) is 5.41 Å². The van der Waals surface area contributed by atoms with Gasteiger partial charge in [-0.2, -0.15) is 0 Å². The highest BCUT2D eigenvalue weighted by Gasteiger charge is 2.42. The Morgan fingerprint density at radius 3 is 1.16 bits per heavy atom. The van der Waals surface area contributed by atoms with E-state index in [2.05, 4.69) is 31.9 Å². The van der Waals surface area contributed by atoms with Crippen LogP contribution in [-0.4, -0.2) is 77.3 Å². The van der Waals surface area contributed by atoms with Crippen molar-refractivity contribution in [3.63, 3.8) is 0 Å².